The van der Waals surface area contributed by atoms with Gasteiger partial charge in [-0.05, 0) is 0 Å². The molecule has 0 saturated heterocycles. The van der Waals surface area contributed by atoms with Gasteiger partial charge in [0.05, 0.1) is 6.20 Å². The Balaban J connectivity index is 2.59. The Hall–Kier alpha value is -1.94. The van der Waals surface area contributed by atoms with Crippen molar-refractivity contribution >= 4 is 21.9 Å². The molecule has 1 aromatic rings. The normalized spacial score (nSPS) is 11.2. The summed E-state index contributed by atoms with van der Waals surface area (Å²) in [7, 11) is -3.75. The molecule has 1 amide bonds. The fourth-order valence-electron chi connectivity index (χ4n) is 1.22. The van der Waals surface area contributed by atoms with Crippen LogP contribution in [-0.4, -0.2) is 48.3 Å². The summed E-state index contributed by atoms with van der Waals surface area (Å²) in [6, 6.07) is 0. The van der Waals surface area contributed by atoms with Gasteiger partial charge in [-0.25, -0.2) is 13.1 Å². The summed E-state index contributed by atoms with van der Waals surface area (Å²) in [5.41, 5.74) is 0. The molecule has 1 aromatic heterocycles. The summed E-state index contributed by atoms with van der Waals surface area (Å²) in [6.07, 6.45) is 2.18. The molecule has 0 aliphatic rings. The average Bonchev–Trinajstić information content (AvgIpc) is 2.72. The maximum absolute atomic E-state index is 11.8. The highest BCUT2D eigenvalue weighted by atomic mass is 32.2. The second-order valence-corrected chi connectivity index (χ2v) is 5.42. The minimum absolute atomic E-state index is 0.0338. The second kappa shape index (κ2) is 6.29. The van der Waals surface area contributed by atoms with E-state index in [1.54, 1.807) is 0 Å². The first-order valence-electron chi connectivity index (χ1n) is 5.29. The molecule has 0 atom stereocenters. The van der Waals surface area contributed by atoms with Crippen molar-refractivity contribution in [2.24, 2.45) is 0 Å². The maximum atomic E-state index is 11.8. The van der Waals surface area contributed by atoms with E-state index in [1.165, 1.54) is 6.92 Å². The van der Waals surface area contributed by atoms with E-state index >= 15 is 0 Å². The molecule has 0 radical (unpaired) electrons. The average molecular weight is 290 g/mol. The Kier molecular flexibility index (Phi) is 5.01. The highest BCUT2D eigenvalue weighted by Gasteiger charge is 2.16. The number of hydrogen-bond donors (Lipinski definition) is 3. The van der Waals surface area contributed by atoms with Crippen molar-refractivity contribution in [3.8, 4) is 0 Å². The van der Waals surface area contributed by atoms with Crippen LogP contribution in [0.5, 0.6) is 0 Å². The van der Waals surface area contributed by atoms with E-state index in [2.05, 4.69) is 15.1 Å². The quantitative estimate of drug-likeness (QED) is 0.517. The molecular weight excluding hydrogens is 276 g/mol. The van der Waals surface area contributed by atoms with Crippen molar-refractivity contribution in [3.05, 3.63) is 12.4 Å². The number of nitrogens with one attached hydrogen (secondary N) is 2. The summed E-state index contributed by atoms with van der Waals surface area (Å²) in [5.74, 6) is -1.38. The fraction of sp³-hybridized carbons (Fsp3) is 0.444. The van der Waals surface area contributed by atoms with Crippen LogP contribution in [-0.2, 0) is 26.2 Å². The van der Waals surface area contributed by atoms with E-state index in [0.717, 1.165) is 17.1 Å². The van der Waals surface area contributed by atoms with Gasteiger partial charge in [-0.1, -0.05) is 0 Å². The zero-order valence-electron chi connectivity index (χ0n) is 10.2. The van der Waals surface area contributed by atoms with Gasteiger partial charge < -0.3 is 10.4 Å². The maximum Gasteiger partial charge on any atom is 0.325 e. The molecule has 3 N–H and O–H groups in total. The minimum atomic E-state index is -3.75. The van der Waals surface area contributed by atoms with Gasteiger partial charge in [0.2, 0.25) is 15.9 Å². The Morgan fingerprint density at radius 1 is 1.42 bits per heavy atom. The number of carbonyl (C=O) groups excluding carboxylic acids is 1. The number of carboxylic acids is 1. The number of sulfonamides is 1. The highest BCUT2D eigenvalue weighted by molar-refractivity contribution is 7.89. The van der Waals surface area contributed by atoms with Gasteiger partial charge >= 0.3 is 5.97 Å². The van der Waals surface area contributed by atoms with Crippen LogP contribution < -0.4 is 10.0 Å². The van der Waals surface area contributed by atoms with Crippen LogP contribution in [0.3, 0.4) is 0 Å². The predicted molar refractivity (Wildman–Crippen MR) is 63.7 cm³/mol. The van der Waals surface area contributed by atoms with Crippen molar-refractivity contribution in [2.75, 3.05) is 13.1 Å². The van der Waals surface area contributed by atoms with Crippen LogP contribution in [0.25, 0.3) is 0 Å². The van der Waals surface area contributed by atoms with E-state index in [4.69, 9.17) is 5.11 Å². The first-order valence-corrected chi connectivity index (χ1v) is 6.78. The second-order valence-electron chi connectivity index (χ2n) is 3.65. The van der Waals surface area contributed by atoms with Crippen molar-refractivity contribution in [1.29, 1.82) is 0 Å². The molecule has 19 heavy (non-hydrogen) atoms. The number of aliphatic carboxylic acids is 1. The first-order chi connectivity index (χ1) is 8.81. The van der Waals surface area contributed by atoms with E-state index in [1.807, 2.05) is 0 Å². The molecule has 0 fully saturated rings. The van der Waals surface area contributed by atoms with Gasteiger partial charge in [0.15, 0.2) is 0 Å². The first kappa shape index (κ1) is 15.1. The van der Waals surface area contributed by atoms with E-state index in [-0.39, 0.29) is 23.9 Å². The molecule has 0 aliphatic carbocycles. The van der Waals surface area contributed by atoms with Crippen LogP contribution in [0, 0.1) is 0 Å². The lowest BCUT2D eigenvalue weighted by molar-refractivity contribution is -0.137. The van der Waals surface area contributed by atoms with E-state index in [0.29, 0.717) is 0 Å². The Morgan fingerprint density at radius 2 is 2.11 bits per heavy atom. The Morgan fingerprint density at radius 3 is 2.68 bits per heavy atom. The van der Waals surface area contributed by atoms with Crippen LogP contribution in [0.2, 0.25) is 0 Å². The molecule has 0 bridgehead atoms. The lowest BCUT2D eigenvalue weighted by atomic mass is 10.6. The molecule has 106 valence electrons. The molecule has 0 aliphatic heterocycles. The van der Waals surface area contributed by atoms with Gasteiger partial charge in [-0.2, -0.15) is 5.10 Å². The van der Waals surface area contributed by atoms with Gasteiger partial charge in [-0.3, -0.25) is 14.3 Å². The summed E-state index contributed by atoms with van der Waals surface area (Å²) >= 11 is 0. The van der Waals surface area contributed by atoms with Gasteiger partial charge in [0.1, 0.15) is 11.4 Å². The number of amides is 1. The fourth-order valence-corrected chi connectivity index (χ4v) is 2.20. The van der Waals surface area contributed by atoms with E-state index in [9.17, 15) is 18.0 Å². The van der Waals surface area contributed by atoms with Crippen LogP contribution in [0.15, 0.2) is 17.3 Å². The molecular formula is C9H14N4O5S. The third-order valence-electron chi connectivity index (χ3n) is 2.01. The topological polar surface area (TPSA) is 130 Å². The minimum Gasteiger partial charge on any atom is -0.480 e. The number of carbonyl (C=O) groups is 2. The SMILES string of the molecule is CC(=O)NCCNS(=O)(=O)c1cnn(CC(=O)O)c1. The molecule has 9 nitrogen and oxygen atoms in total. The van der Waals surface area contributed by atoms with Gasteiger partial charge in [-0.15, -0.1) is 0 Å². The Bertz CT molecular complexity index is 565. The number of carboxylic acid groups (broad SMARTS) is 1. The molecule has 1 rings (SSSR count). The lowest BCUT2D eigenvalue weighted by Crippen LogP contribution is -2.33. The lowest BCUT2D eigenvalue weighted by Gasteiger charge is -2.04. The molecule has 0 saturated carbocycles. The number of nitrogens with zero attached hydrogens (tertiary/aromatic N) is 2. The molecule has 0 unspecified atom stereocenters. The smallest absolute Gasteiger partial charge is 0.325 e. The highest BCUT2D eigenvalue weighted by Crippen LogP contribution is 2.06. The van der Waals surface area contributed by atoms with Crippen LogP contribution in [0.4, 0.5) is 0 Å². The Labute approximate surface area is 109 Å². The zero-order chi connectivity index (χ0) is 14.5. The van der Waals surface area contributed by atoms with Crippen LogP contribution in [0.1, 0.15) is 6.92 Å². The van der Waals surface area contributed by atoms with E-state index < -0.39 is 22.5 Å². The summed E-state index contributed by atoms with van der Waals surface area (Å²) < 4.78 is 26.8. The zero-order valence-corrected chi connectivity index (χ0v) is 11.0. The molecule has 10 heteroatoms. The number of rotatable bonds is 7. The third-order valence-corrected chi connectivity index (χ3v) is 3.42. The molecule has 0 spiro atoms. The van der Waals surface area contributed by atoms with Crippen molar-refractivity contribution < 1.29 is 23.1 Å². The summed E-state index contributed by atoms with van der Waals surface area (Å²) in [5, 5.41) is 14.6. The summed E-state index contributed by atoms with van der Waals surface area (Å²) in [4.78, 5) is 20.9. The largest absolute Gasteiger partial charge is 0.480 e. The molecule has 0 aromatic carbocycles. The standard InChI is InChI=1S/C9H14N4O5S/c1-7(14)10-2-3-12-19(17,18)8-4-11-13(5-8)6-9(15)16/h4-5,12H,2-3,6H2,1H3,(H,10,14)(H,15,16). The third kappa shape index (κ3) is 5.06. The van der Waals surface area contributed by atoms with Crippen molar-refractivity contribution in [2.45, 2.75) is 18.4 Å². The van der Waals surface area contributed by atoms with Crippen molar-refractivity contribution in [3.63, 3.8) is 0 Å². The van der Waals surface area contributed by atoms with Crippen LogP contribution >= 0.6 is 0 Å². The van der Waals surface area contributed by atoms with Crippen molar-refractivity contribution in [1.82, 2.24) is 19.8 Å². The monoisotopic (exact) mass is 290 g/mol. The van der Waals surface area contributed by atoms with Gasteiger partial charge in [0.25, 0.3) is 0 Å². The number of hydrogen-bond acceptors (Lipinski definition) is 5. The number of aromatic nitrogens is 2. The van der Waals surface area contributed by atoms with Gasteiger partial charge in [0, 0.05) is 26.2 Å². The molecule has 1 heterocycles. The predicted octanol–water partition coefficient (Wildman–Crippen LogP) is -1.62. The summed E-state index contributed by atoms with van der Waals surface area (Å²) in [6.45, 7) is 1.11.